The molecule has 0 aromatic heterocycles. The van der Waals surface area contributed by atoms with Crippen LogP contribution in [0.25, 0.3) is 0 Å². The highest BCUT2D eigenvalue weighted by molar-refractivity contribution is 5.67. The van der Waals surface area contributed by atoms with Crippen molar-refractivity contribution in [3.05, 3.63) is 0 Å². The zero-order valence-corrected chi connectivity index (χ0v) is 7.97. The van der Waals surface area contributed by atoms with Crippen LogP contribution in [0.5, 0.6) is 0 Å². The number of aliphatic carboxylic acids is 1. The standard InChI is InChI=1S/C10H18O2/c1-8(2)6-10(4-3-5-10)7-9(11)12/h8H,3-7H2,1-2H3,(H,11,12). The van der Waals surface area contributed by atoms with E-state index in [1.54, 1.807) is 0 Å². The van der Waals surface area contributed by atoms with E-state index in [2.05, 4.69) is 13.8 Å². The first-order valence-electron chi connectivity index (χ1n) is 4.76. The van der Waals surface area contributed by atoms with Crippen molar-refractivity contribution >= 4 is 5.97 Å². The molecule has 0 heterocycles. The van der Waals surface area contributed by atoms with Crippen LogP contribution >= 0.6 is 0 Å². The van der Waals surface area contributed by atoms with Gasteiger partial charge in [-0.15, -0.1) is 0 Å². The van der Waals surface area contributed by atoms with Gasteiger partial charge in [-0.05, 0) is 30.6 Å². The Kier molecular flexibility index (Phi) is 2.76. The van der Waals surface area contributed by atoms with Gasteiger partial charge in [0.1, 0.15) is 0 Å². The molecule has 0 aromatic carbocycles. The molecular weight excluding hydrogens is 152 g/mol. The van der Waals surface area contributed by atoms with Gasteiger partial charge in [-0.2, -0.15) is 0 Å². The van der Waals surface area contributed by atoms with E-state index in [1.165, 1.54) is 6.42 Å². The highest BCUT2D eigenvalue weighted by Gasteiger charge is 2.38. The zero-order valence-electron chi connectivity index (χ0n) is 7.97. The molecule has 1 aliphatic carbocycles. The van der Waals surface area contributed by atoms with Gasteiger partial charge in [-0.25, -0.2) is 0 Å². The number of carboxylic acids is 1. The van der Waals surface area contributed by atoms with Crippen LogP contribution in [-0.4, -0.2) is 11.1 Å². The van der Waals surface area contributed by atoms with Crippen LogP contribution < -0.4 is 0 Å². The number of hydrogen-bond donors (Lipinski definition) is 1. The Bertz CT molecular complexity index is 169. The van der Waals surface area contributed by atoms with E-state index < -0.39 is 5.97 Å². The first-order chi connectivity index (χ1) is 5.54. The lowest BCUT2D eigenvalue weighted by atomic mass is 9.63. The molecule has 1 fully saturated rings. The summed E-state index contributed by atoms with van der Waals surface area (Å²) in [6.07, 6.45) is 4.93. The van der Waals surface area contributed by atoms with E-state index in [-0.39, 0.29) is 5.41 Å². The smallest absolute Gasteiger partial charge is 0.303 e. The van der Waals surface area contributed by atoms with Crippen LogP contribution in [-0.2, 0) is 4.79 Å². The third-order valence-corrected chi connectivity index (χ3v) is 2.78. The molecule has 0 unspecified atom stereocenters. The minimum atomic E-state index is -0.629. The summed E-state index contributed by atoms with van der Waals surface area (Å²) in [4.78, 5) is 10.6. The third kappa shape index (κ3) is 2.23. The molecule has 2 nitrogen and oxygen atoms in total. The lowest BCUT2D eigenvalue weighted by molar-refractivity contribution is -0.141. The van der Waals surface area contributed by atoms with E-state index in [1.807, 2.05) is 0 Å². The molecule has 0 radical (unpaired) electrons. The van der Waals surface area contributed by atoms with E-state index in [0.717, 1.165) is 19.3 Å². The predicted octanol–water partition coefficient (Wildman–Crippen LogP) is 2.68. The molecule has 1 N–H and O–H groups in total. The molecule has 0 bridgehead atoms. The topological polar surface area (TPSA) is 37.3 Å². The van der Waals surface area contributed by atoms with Gasteiger partial charge in [0, 0.05) is 0 Å². The second-order valence-corrected chi connectivity index (χ2v) is 4.52. The molecule has 1 aliphatic rings. The Morgan fingerprint density at radius 1 is 1.50 bits per heavy atom. The molecule has 0 spiro atoms. The van der Waals surface area contributed by atoms with E-state index in [4.69, 9.17) is 5.11 Å². The van der Waals surface area contributed by atoms with E-state index in [0.29, 0.717) is 12.3 Å². The molecular formula is C10H18O2. The monoisotopic (exact) mass is 170 g/mol. The zero-order chi connectivity index (χ0) is 9.19. The lowest BCUT2D eigenvalue weighted by Crippen LogP contribution is -2.33. The largest absolute Gasteiger partial charge is 0.481 e. The summed E-state index contributed by atoms with van der Waals surface area (Å²) in [5.41, 5.74) is 0.167. The summed E-state index contributed by atoms with van der Waals surface area (Å²) in [6.45, 7) is 4.34. The molecule has 0 aliphatic heterocycles. The van der Waals surface area contributed by atoms with Crippen molar-refractivity contribution in [2.45, 2.75) is 46.0 Å². The summed E-state index contributed by atoms with van der Waals surface area (Å²) in [7, 11) is 0. The SMILES string of the molecule is CC(C)CC1(CC(=O)O)CCC1. The summed E-state index contributed by atoms with van der Waals surface area (Å²) >= 11 is 0. The molecule has 12 heavy (non-hydrogen) atoms. The molecule has 1 rings (SSSR count). The van der Waals surface area contributed by atoms with Gasteiger partial charge in [-0.3, -0.25) is 4.79 Å². The van der Waals surface area contributed by atoms with Crippen molar-refractivity contribution in [1.29, 1.82) is 0 Å². The summed E-state index contributed by atoms with van der Waals surface area (Å²) < 4.78 is 0. The molecule has 0 atom stereocenters. The predicted molar refractivity (Wildman–Crippen MR) is 48.0 cm³/mol. The Morgan fingerprint density at radius 2 is 2.08 bits per heavy atom. The van der Waals surface area contributed by atoms with Gasteiger partial charge in [0.15, 0.2) is 0 Å². The second kappa shape index (κ2) is 3.46. The van der Waals surface area contributed by atoms with Crippen molar-refractivity contribution in [1.82, 2.24) is 0 Å². The Labute approximate surface area is 74.0 Å². The van der Waals surface area contributed by atoms with Crippen molar-refractivity contribution in [3.8, 4) is 0 Å². The highest BCUT2D eigenvalue weighted by atomic mass is 16.4. The van der Waals surface area contributed by atoms with Gasteiger partial charge < -0.3 is 5.11 Å². The average molecular weight is 170 g/mol. The van der Waals surface area contributed by atoms with Crippen molar-refractivity contribution in [2.75, 3.05) is 0 Å². The molecule has 2 heteroatoms. The lowest BCUT2D eigenvalue weighted by Gasteiger charge is -2.42. The fourth-order valence-electron chi connectivity index (χ4n) is 2.32. The second-order valence-electron chi connectivity index (χ2n) is 4.52. The summed E-state index contributed by atoms with van der Waals surface area (Å²) in [5.74, 6) is 0.000000000000000222. The molecule has 1 saturated carbocycles. The fourth-order valence-corrected chi connectivity index (χ4v) is 2.32. The van der Waals surface area contributed by atoms with Crippen molar-refractivity contribution < 1.29 is 9.90 Å². The molecule has 70 valence electrons. The molecule has 0 amide bonds. The average Bonchev–Trinajstić information content (AvgIpc) is 1.80. The van der Waals surface area contributed by atoms with Crippen LogP contribution in [0.1, 0.15) is 46.0 Å². The van der Waals surface area contributed by atoms with Gasteiger partial charge in [0.2, 0.25) is 0 Å². The number of carboxylic acid groups (broad SMARTS) is 1. The quantitative estimate of drug-likeness (QED) is 0.704. The Balaban J connectivity index is 2.45. The van der Waals surface area contributed by atoms with Gasteiger partial charge in [-0.1, -0.05) is 20.3 Å². The Morgan fingerprint density at radius 3 is 2.33 bits per heavy atom. The molecule has 0 saturated heterocycles. The first kappa shape index (κ1) is 9.56. The highest BCUT2D eigenvalue weighted by Crippen LogP contribution is 2.48. The minimum Gasteiger partial charge on any atom is -0.481 e. The van der Waals surface area contributed by atoms with E-state index >= 15 is 0 Å². The first-order valence-corrected chi connectivity index (χ1v) is 4.76. The van der Waals surface area contributed by atoms with Crippen LogP contribution in [0.3, 0.4) is 0 Å². The maximum absolute atomic E-state index is 10.6. The van der Waals surface area contributed by atoms with Crippen LogP contribution in [0.4, 0.5) is 0 Å². The number of rotatable bonds is 4. The summed E-state index contributed by atoms with van der Waals surface area (Å²) in [6, 6.07) is 0. The Hall–Kier alpha value is -0.530. The molecule has 0 aromatic rings. The number of hydrogen-bond acceptors (Lipinski definition) is 1. The van der Waals surface area contributed by atoms with Crippen molar-refractivity contribution in [3.63, 3.8) is 0 Å². The maximum atomic E-state index is 10.6. The van der Waals surface area contributed by atoms with Gasteiger partial charge >= 0.3 is 5.97 Å². The fraction of sp³-hybridized carbons (Fsp3) is 0.900. The van der Waals surface area contributed by atoms with E-state index in [9.17, 15) is 4.79 Å². The van der Waals surface area contributed by atoms with Crippen LogP contribution in [0, 0.1) is 11.3 Å². The van der Waals surface area contributed by atoms with Gasteiger partial charge in [0.05, 0.1) is 6.42 Å². The third-order valence-electron chi connectivity index (χ3n) is 2.78. The van der Waals surface area contributed by atoms with Crippen LogP contribution in [0.15, 0.2) is 0 Å². The van der Waals surface area contributed by atoms with Crippen LogP contribution in [0.2, 0.25) is 0 Å². The maximum Gasteiger partial charge on any atom is 0.303 e. The number of carbonyl (C=O) groups is 1. The normalized spacial score (nSPS) is 20.6. The summed E-state index contributed by atoms with van der Waals surface area (Å²) in [5, 5.41) is 8.73. The minimum absolute atomic E-state index is 0.167. The van der Waals surface area contributed by atoms with Crippen molar-refractivity contribution in [2.24, 2.45) is 11.3 Å². The van der Waals surface area contributed by atoms with Gasteiger partial charge in [0.25, 0.3) is 0 Å².